The van der Waals surface area contributed by atoms with Crippen molar-refractivity contribution in [3.63, 3.8) is 0 Å². The second-order valence-corrected chi connectivity index (χ2v) is 3.02. The molecule has 0 aliphatic rings. The molecule has 0 radical (unpaired) electrons. The molecule has 0 fully saturated rings. The molecule has 1 aromatic rings. The predicted molar refractivity (Wildman–Crippen MR) is 49.2 cm³/mol. The van der Waals surface area contributed by atoms with Gasteiger partial charge in [-0.05, 0) is 11.1 Å². The first-order chi connectivity index (χ1) is 6.26. The summed E-state index contributed by atoms with van der Waals surface area (Å²) in [7, 11) is 0. The van der Waals surface area contributed by atoms with E-state index in [1.54, 1.807) is 12.1 Å². The van der Waals surface area contributed by atoms with Crippen LogP contribution in [0.15, 0.2) is 24.3 Å². The molecule has 0 aromatic heterocycles. The summed E-state index contributed by atoms with van der Waals surface area (Å²) < 4.78 is 0. The molecule has 0 amide bonds. The Kier molecular flexibility index (Phi) is 3.89. The molecule has 13 heavy (non-hydrogen) atoms. The monoisotopic (exact) mass is 182 g/mol. The van der Waals surface area contributed by atoms with Gasteiger partial charge in [0.2, 0.25) is 0 Å². The second kappa shape index (κ2) is 4.97. The molecule has 3 nitrogen and oxygen atoms in total. The van der Waals surface area contributed by atoms with E-state index in [1.807, 2.05) is 12.1 Å². The second-order valence-electron chi connectivity index (χ2n) is 3.02. The van der Waals surface area contributed by atoms with Gasteiger partial charge in [-0.3, -0.25) is 0 Å². The third-order valence-electron chi connectivity index (χ3n) is 1.89. The molecule has 1 rings (SSSR count). The van der Waals surface area contributed by atoms with Gasteiger partial charge in [0.15, 0.2) is 0 Å². The fraction of sp³-hybridized carbons (Fsp3) is 0.400. The molecule has 0 aliphatic heterocycles. The minimum Gasteiger partial charge on any atom is -0.394 e. The quantitative estimate of drug-likeness (QED) is 0.617. The van der Waals surface area contributed by atoms with Crippen LogP contribution in [-0.4, -0.2) is 28.0 Å². The first-order valence-corrected chi connectivity index (χ1v) is 4.24. The third-order valence-corrected chi connectivity index (χ3v) is 1.89. The summed E-state index contributed by atoms with van der Waals surface area (Å²) in [6.07, 6.45) is -0.248. The number of aliphatic hydroxyl groups excluding tert-OH is 3. The molecule has 0 heterocycles. The first-order valence-electron chi connectivity index (χ1n) is 4.24. The van der Waals surface area contributed by atoms with Crippen LogP contribution in [0, 0.1) is 0 Å². The van der Waals surface area contributed by atoms with E-state index in [1.165, 1.54) is 0 Å². The molecule has 1 atom stereocenters. The molecule has 0 aliphatic carbocycles. The van der Waals surface area contributed by atoms with Crippen LogP contribution >= 0.6 is 0 Å². The van der Waals surface area contributed by atoms with Crippen LogP contribution < -0.4 is 0 Å². The van der Waals surface area contributed by atoms with Crippen molar-refractivity contribution < 1.29 is 15.3 Å². The Morgan fingerprint density at radius 2 is 1.54 bits per heavy atom. The number of hydrogen-bond acceptors (Lipinski definition) is 3. The molecule has 0 spiro atoms. The summed E-state index contributed by atoms with van der Waals surface area (Å²) in [5.74, 6) is 0. The fourth-order valence-electron chi connectivity index (χ4n) is 1.12. The highest BCUT2D eigenvalue weighted by Crippen LogP contribution is 2.06. The average molecular weight is 182 g/mol. The zero-order valence-corrected chi connectivity index (χ0v) is 7.35. The van der Waals surface area contributed by atoms with E-state index < -0.39 is 6.10 Å². The minimum atomic E-state index is -0.694. The Balaban J connectivity index is 2.58. The van der Waals surface area contributed by atoms with E-state index in [9.17, 15) is 0 Å². The summed E-state index contributed by atoms with van der Waals surface area (Å²) in [5.41, 5.74) is 1.81. The Labute approximate surface area is 77.3 Å². The van der Waals surface area contributed by atoms with Crippen LogP contribution in [0.4, 0.5) is 0 Å². The van der Waals surface area contributed by atoms with Gasteiger partial charge < -0.3 is 15.3 Å². The number of rotatable bonds is 4. The summed E-state index contributed by atoms with van der Waals surface area (Å²) in [4.78, 5) is 0. The maximum atomic E-state index is 9.14. The van der Waals surface area contributed by atoms with Crippen molar-refractivity contribution in [2.75, 3.05) is 6.61 Å². The van der Waals surface area contributed by atoms with E-state index in [0.717, 1.165) is 11.1 Å². The van der Waals surface area contributed by atoms with Crippen molar-refractivity contribution in [1.82, 2.24) is 0 Å². The Hall–Kier alpha value is -0.900. The zero-order chi connectivity index (χ0) is 9.68. The highest BCUT2D eigenvalue weighted by atomic mass is 16.3. The zero-order valence-electron chi connectivity index (χ0n) is 7.35. The van der Waals surface area contributed by atoms with Crippen molar-refractivity contribution in [2.24, 2.45) is 0 Å². The van der Waals surface area contributed by atoms with Gasteiger partial charge in [-0.15, -0.1) is 0 Å². The number of hydrogen-bond donors (Lipinski definition) is 3. The summed E-state index contributed by atoms with van der Waals surface area (Å²) in [5, 5.41) is 26.5. The molecule has 72 valence electrons. The molecule has 0 saturated carbocycles. The SMILES string of the molecule is OCc1ccc(CC(O)CO)cc1. The van der Waals surface area contributed by atoms with Gasteiger partial charge in [0.25, 0.3) is 0 Å². The van der Waals surface area contributed by atoms with E-state index in [0.29, 0.717) is 6.42 Å². The van der Waals surface area contributed by atoms with Gasteiger partial charge in [0.05, 0.1) is 19.3 Å². The van der Waals surface area contributed by atoms with Gasteiger partial charge in [-0.25, -0.2) is 0 Å². The molecule has 3 N–H and O–H groups in total. The lowest BCUT2D eigenvalue weighted by Gasteiger charge is -2.06. The molecular formula is C10H14O3. The van der Waals surface area contributed by atoms with Gasteiger partial charge >= 0.3 is 0 Å². The summed E-state index contributed by atoms with van der Waals surface area (Å²) in [6, 6.07) is 7.29. The molecule has 1 unspecified atom stereocenters. The lowest BCUT2D eigenvalue weighted by molar-refractivity contribution is 0.0955. The Morgan fingerprint density at radius 1 is 1.00 bits per heavy atom. The van der Waals surface area contributed by atoms with Crippen molar-refractivity contribution in [3.05, 3.63) is 35.4 Å². The maximum Gasteiger partial charge on any atom is 0.0811 e. The van der Waals surface area contributed by atoms with E-state index in [4.69, 9.17) is 15.3 Å². The van der Waals surface area contributed by atoms with E-state index >= 15 is 0 Å². The van der Waals surface area contributed by atoms with Gasteiger partial charge in [-0.2, -0.15) is 0 Å². The van der Waals surface area contributed by atoms with E-state index in [2.05, 4.69) is 0 Å². The minimum absolute atomic E-state index is 0.0306. The summed E-state index contributed by atoms with van der Waals surface area (Å²) in [6.45, 7) is -0.190. The smallest absolute Gasteiger partial charge is 0.0811 e. The van der Waals surface area contributed by atoms with Crippen molar-refractivity contribution in [1.29, 1.82) is 0 Å². The standard InChI is InChI=1S/C10H14O3/c11-6-9-3-1-8(2-4-9)5-10(13)7-12/h1-4,10-13H,5-7H2. The van der Waals surface area contributed by atoms with Gasteiger partial charge in [0, 0.05) is 6.42 Å². The van der Waals surface area contributed by atoms with Crippen molar-refractivity contribution in [3.8, 4) is 0 Å². The number of benzene rings is 1. The van der Waals surface area contributed by atoms with E-state index in [-0.39, 0.29) is 13.2 Å². The lowest BCUT2D eigenvalue weighted by Crippen LogP contribution is -2.14. The predicted octanol–water partition coefficient (Wildman–Crippen LogP) is 0.0746. The Morgan fingerprint density at radius 3 is 2.00 bits per heavy atom. The molecule has 0 saturated heterocycles. The maximum absolute atomic E-state index is 9.14. The molecule has 0 bridgehead atoms. The third kappa shape index (κ3) is 3.14. The normalized spacial score (nSPS) is 12.8. The molecule has 3 heteroatoms. The molecular weight excluding hydrogens is 168 g/mol. The molecule has 1 aromatic carbocycles. The lowest BCUT2D eigenvalue weighted by atomic mass is 10.1. The first kappa shape index (κ1) is 10.2. The highest BCUT2D eigenvalue weighted by Gasteiger charge is 2.02. The van der Waals surface area contributed by atoms with Crippen LogP contribution in [-0.2, 0) is 13.0 Å². The van der Waals surface area contributed by atoms with Crippen LogP contribution in [0.1, 0.15) is 11.1 Å². The van der Waals surface area contributed by atoms with Gasteiger partial charge in [0.1, 0.15) is 0 Å². The fourth-order valence-corrected chi connectivity index (χ4v) is 1.12. The van der Waals surface area contributed by atoms with Crippen molar-refractivity contribution >= 4 is 0 Å². The largest absolute Gasteiger partial charge is 0.394 e. The number of aliphatic hydroxyl groups is 3. The average Bonchev–Trinajstić information content (AvgIpc) is 2.19. The topological polar surface area (TPSA) is 60.7 Å². The van der Waals surface area contributed by atoms with Crippen LogP contribution in [0.2, 0.25) is 0 Å². The van der Waals surface area contributed by atoms with Crippen LogP contribution in [0.3, 0.4) is 0 Å². The highest BCUT2D eigenvalue weighted by molar-refractivity contribution is 5.22. The Bertz CT molecular complexity index is 243. The van der Waals surface area contributed by atoms with Crippen LogP contribution in [0.5, 0.6) is 0 Å². The van der Waals surface area contributed by atoms with Gasteiger partial charge in [-0.1, -0.05) is 24.3 Å². The summed E-state index contributed by atoms with van der Waals surface area (Å²) >= 11 is 0. The van der Waals surface area contributed by atoms with Crippen molar-refractivity contribution in [2.45, 2.75) is 19.1 Å². The van der Waals surface area contributed by atoms with Crippen LogP contribution in [0.25, 0.3) is 0 Å².